The molecule has 0 atom stereocenters. The second kappa shape index (κ2) is 7.01. The van der Waals surface area contributed by atoms with Crippen LogP contribution in [-0.4, -0.2) is 30.4 Å². The van der Waals surface area contributed by atoms with Gasteiger partial charge in [0.1, 0.15) is 0 Å². The molecular formula is C14H23N3O. The molecule has 0 aliphatic rings. The fourth-order valence-electron chi connectivity index (χ4n) is 2.01. The maximum absolute atomic E-state index is 11.0. The summed E-state index contributed by atoms with van der Waals surface area (Å²) in [6.07, 6.45) is 0.840. The van der Waals surface area contributed by atoms with Gasteiger partial charge in [-0.2, -0.15) is 0 Å². The van der Waals surface area contributed by atoms with Crippen molar-refractivity contribution in [2.45, 2.75) is 20.3 Å². The molecule has 1 amide bonds. The lowest BCUT2D eigenvalue weighted by Gasteiger charge is -2.23. The van der Waals surface area contributed by atoms with Gasteiger partial charge >= 0.3 is 0 Å². The third-order valence-corrected chi connectivity index (χ3v) is 2.76. The molecule has 18 heavy (non-hydrogen) atoms. The molecule has 0 fully saturated rings. The Labute approximate surface area is 109 Å². The molecule has 100 valence electrons. The van der Waals surface area contributed by atoms with Crippen LogP contribution in [0.25, 0.3) is 0 Å². The Morgan fingerprint density at radius 3 is 2.56 bits per heavy atom. The van der Waals surface area contributed by atoms with E-state index in [1.54, 1.807) is 0 Å². The normalized spacial score (nSPS) is 11.1. The molecule has 0 aliphatic heterocycles. The number of nitrogens with two attached hydrogens (primary N) is 2. The Balaban J connectivity index is 2.56. The van der Waals surface area contributed by atoms with Crippen LogP contribution in [0.4, 0.5) is 5.69 Å². The number of hydrogen-bond acceptors (Lipinski definition) is 3. The number of rotatable bonds is 7. The van der Waals surface area contributed by atoms with Gasteiger partial charge in [0.25, 0.3) is 0 Å². The van der Waals surface area contributed by atoms with Crippen molar-refractivity contribution in [2.75, 3.05) is 25.4 Å². The lowest BCUT2D eigenvalue weighted by molar-refractivity contribution is -0.119. The third kappa shape index (κ3) is 5.19. The van der Waals surface area contributed by atoms with Gasteiger partial charge < -0.3 is 11.5 Å². The van der Waals surface area contributed by atoms with E-state index in [2.05, 4.69) is 18.7 Å². The maximum Gasteiger partial charge on any atom is 0.231 e. The van der Waals surface area contributed by atoms with Crippen molar-refractivity contribution in [2.24, 2.45) is 11.7 Å². The van der Waals surface area contributed by atoms with E-state index in [0.717, 1.165) is 30.8 Å². The zero-order valence-electron chi connectivity index (χ0n) is 11.2. The van der Waals surface area contributed by atoms with E-state index in [1.165, 1.54) is 0 Å². The first kappa shape index (κ1) is 14.5. The van der Waals surface area contributed by atoms with Gasteiger partial charge in [0, 0.05) is 18.8 Å². The highest BCUT2D eigenvalue weighted by molar-refractivity contribution is 5.75. The number of nitrogens with zero attached hydrogens (tertiary/aromatic N) is 1. The van der Waals surface area contributed by atoms with Crippen LogP contribution < -0.4 is 11.5 Å². The van der Waals surface area contributed by atoms with Gasteiger partial charge in [-0.1, -0.05) is 32.0 Å². The summed E-state index contributed by atoms with van der Waals surface area (Å²) in [6, 6.07) is 7.82. The molecule has 0 aliphatic carbocycles. The molecular weight excluding hydrogens is 226 g/mol. The highest BCUT2D eigenvalue weighted by Crippen LogP contribution is 2.12. The summed E-state index contributed by atoms with van der Waals surface area (Å²) in [5, 5.41) is 0. The highest BCUT2D eigenvalue weighted by atomic mass is 16.1. The number of carbonyl (C=O) groups is 1. The number of para-hydroxylation sites is 1. The van der Waals surface area contributed by atoms with Gasteiger partial charge in [-0.05, 0) is 24.0 Å². The minimum atomic E-state index is -0.281. The second-order valence-corrected chi connectivity index (χ2v) is 5.04. The fourth-order valence-corrected chi connectivity index (χ4v) is 2.01. The summed E-state index contributed by atoms with van der Waals surface area (Å²) in [6.45, 7) is 6.24. The smallest absolute Gasteiger partial charge is 0.231 e. The Kier molecular flexibility index (Phi) is 5.65. The molecule has 1 aromatic rings. The number of nitrogen functional groups attached to an aromatic ring is 1. The Bertz CT molecular complexity index is 390. The lowest BCUT2D eigenvalue weighted by Crippen LogP contribution is -2.37. The average Bonchev–Trinajstić information content (AvgIpc) is 2.26. The molecule has 0 bridgehead atoms. The van der Waals surface area contributed by atoms with Crippen molar-refractivity contribution in [3.8, 4) is 0 Å². The summed E-state index contributed by atoms with van der Waals surface area (Å²) in [4.78, 5) is 13.1. The highest BCUT2D eigenvalue weighted by Gasteiger charge is 2.10. The van der Waals surface area contributed by atoms with Crippen LogP contribution >= 0.6 is 0 Å². The molecule has 1 aromatic carbocycles. The van der Waals surface area contributed by atoms with Crippen molar-refractivity contribution in [3.05, 3.63) is 29.8 Å². The topological polar surface area (TPSA) is 72.3 Å². The van der Waals surface area contributed by atoms with E-state index in [-0.39, 0.29) is 5.91 Å². The first-order valence-electron chi connectivity index (χ1n) is 6.33. The van der Waals surface area contributed by atoms with E-state index < -0.39 is 0 Å². The van der Waals surface area contributed by atoms with E-state index in [1.807, 2.05) is 24.3 Å². The molecule has 0 spiro atoms. The Morgan fingerprint density at radius 1 is 1.33 bits per heavy atom. The number of anilines is 1. The van der Waals surface area contributed by atoms with E-state index >= 15 is 0 Å². The molecule has 1 rings (SSSR count). The van der Waals surface area contributed by atoms with Crippen molar-refractivity contribution in [1.29, 1.82) is 0 Å². The Hall–Kier alpha value is -1.55. The number of benzene rings is 1. The average molecular weight is 249 g/mol. The van der Waals surface area contributed by atoms with Gasteiger partial charge in [-0.25, -0.2) is 0 Å². The van der Waals surface area contributed by atoms with Crippen molar-refractivity contribution >= 4 is 11.6 Å². The number of amides is 1. The molecule has 0 unspecified atom stereocenters. The van der Waals surface area contributed by atoms with Crippen molar-refractivity contribution in [3.63, 3.8) is 0 Å². The summed E-state index contributed by atoms with van der Waals surface area (Å²) in [5.41, 5.74) is 13.1. The summed E-state index contributed by atoms with van der Waals surface area (Å²) >= 11 is 0. The van der Waals surface area contributed by atoms with Gasteiger partial charge in [0.05, 0.1) is 6.54 Å². The van der Waals surface area contributed by atoms with Crippen molar-refractivity contribution in [1.82, 2.24) is 4.90 Å². The van der Waals surface area contributed by atoms with Crippen LogP contribution in [-0.2, 0) is 11.2 Å². The predicted octanol–water partition coefficient (Wildman–Crippen LogP) is 1.25. The second-order valence-electron chi connectivity index (χ2n) is 5.04. The molecule has 4 heteroatoms. The molecule has 0 radical (unpaired) electrons. The minimum absolute atomic E-state index is 0.281. The first-order valence-corrected chi connectivity index (χ1v) is 6.33. The molecule has 0 saturated carbocycles. The number of carbonyl (C=O) groups excluding carboxylic acids is 1. The van der Waals surface area contributed by atoms with Crippen LogP contribution in [0.15, 0.2) is 24.3 Å². The van der Waals surface area contributed by atoms with E-state index in [9.17, 15) is 4.79 Å². The van der Waals surface area contributed by atoms with Gasteiger partial charge in [-0.3, -0.25) is 9.69 Å². The van der Waals surface area contributed by atoms with Gasteiger partial charge in [0.15, 0.2) is 0 Å². The molecule has 0 saturated heterocycles. The Morgan fingerprint density at radius 2 is 2.00 bits per heavy atom. The number of primary amides is 1. The number of hydrogen-bond donors (Lipinski definition) is 2. The molecule has 4 N–H and O–H groups in total. The minimum Gasteiger partial charge on any atom is -0.399 e. The van der Waals surface area contributed by atoms with Crippen LogP contribution in [0, 0.1) is 5.92 Å². The largest absolute Gasteiger partial charge is 0.399 e. The molecule has 4 nitrogen and oxygen atoms in total. The molecule has 0 aromatic heterocycles. The lowest BCUT2D eigenvalue weighted by atomic mass is 10.1. The third-order valence-electron chi connectivity index (χ3n) is 2.76. The van der Waals surface area contributed by atoms with Crippen LogP contribution in [0.5, 0.6) is 0 Å². The van der Waals surface area contributed by atoms with E-state index in [4.69, 9.17) is 11.5 Å². The van der Waals surface area contributed by atoms with Gasteiger partial charge in [-0.15, -0.1) is 0 Å². The van der Waals surface area contributed by atoms with Crippen LogP contribution in [0.1, 0.15) is 19.4 Å². The fraction of sp³-hybridized carbons (Fsp3) is 0.500. The zero-order valence-corrected chi connectivity index (χ0v) is 11.2. The van der Waals surface area contributed by atoms with E-state index in [0.29, 0.717) is 12.5 Å². The maximum atomic E-state index is 11.0. The van der Waals surface area contributed by atoms with Crippen molar-refractivity contribution < 1.29 is 4.79 Å². The summed E-state index contributed by atoms with van der Waals surface area (Å²) in [5.74, 6) is 0.231. The van der Waals surface area contributed by atoms with Gasteiger partial charge in [0.2, 0.25) is 5.91 Å². The summed E-state index contributed by atoms with van der Waals surface area (Å²) in [7, 11) is 0. The monoisotopic (exact) mass is 249 g/mol. The predicted molar refractivity (Wildman–Crippen MR) is 75.0 cm³/mol. The quantitative estimate of drug-likeness (QED) is 0.714. The summed E-state index contributed by atoms with van der Waals surface area (Å²) < 4.78 is 0. The first-order chi connectivity index (χ1) is 8.49. The molecule has 0 heterocycles. The SMILES string of the molecule is CC(C)CN(CCc1ccccc1N)CC(N)=O. The standard InChI is InChI=1S/C14H23N3O/c1-11(2)9-17(10-14(16)18)8-7-12-5-3-4-6-13(12)15/h3-6,11H,7-10,15H2,1-2H3,(H2,16,18). The van der Waals surface area contributed by atoms with Crippen LogP contribution in [0.3, 0.4) is 0 Å². The van der Waals surface area contributed by atoms with Crippen LogP contribution in [0.2, 0.25) is 0 Å². The zero-order chi connectivity index (χ0) is 13.5.